The second-order valence-corrected chi connectivity index (χ2v) is 8.41. The van der Waals surface area contributed by atoms with Crippen molar-refractivity contribution in [2.24, 2.45) is 0 Å². The van der Waals surface area contributed by atoms with E-state index < -0.39 is 22.8 Å². The van der Waals surface area contributed by atoms with Gasteiger partial charge in [-0.05, 0) is 55.3 Å². The summed E-state index contributed by atoms with van der Waals surface area (Å²) < 4.78 is 29.0. The molecule has 0 fully saturated rings. The minimum absolute atomic E-state index is 0.0351. The van der Waals surface area contributed by atoms with Crippen molar-refractivity contribution in [3.8, 4) is 0 Å². The van der Waals surface area contributed by atoms with E-state index >= 15 is 0 Å². The molecule has 1 heterocycles. The van der Waals surface area contributed by atoms with Gasteiger partial charge >= 0.3 is 5.97 Å². The fourth-order valence-electron chi connectivity index (χ4n) is 3.29. The van der Waals surface area contributed by atoms with Crippen molar-refractivity contribution in [3.05, 3.63) is 83.3 Å². The first-order valence-corrected chi connectivity index (χ1v) is 10.8. The maximum absolute atomic E-state index is 14.6. The Morgan fingerprint density at radius 1 is 1.16 bits per heavy atom. The Kier molecular flexibility index (Phi) is 5.56. The third-order valence-electron chi connectivity index (χ3n) is 5.03. The average Bonchev–Trinajstić information content (AvgIpc) is 3.19. The molecule has 0 amide bonds. The molecule has 2 N–H and O–H groups in total. The summed E-state index contributed by atoms with van der Waals surface area (Å²) in [6.07, 6.45) is 2.12. The van der Waals surface area contributed by atoms with Crippen LogP contribution >= 0.6 is 0 Å². The number of fused-ring (bicyclic) bond motifs is 1. The van der Waals surface area contributed by atoms with Crippen LogP contribution in [0.2, 0.25) is 0 Å². The molecule has 3 aromatic carbocycles. The molecule has 0 radical (unpaired) electrons. The number of aryl methyl sites for hydroxylation is 2. The van der Waals surface area contributed by atoms with Gasteiger partial charge in [-0.2, -0.15) is 9.19 Å². The summed E-state index contributed by atoms with van der Waals surface area (Å²) in [5, 5.41) is 17.2. The van der Waals surface area contributed by atoms with E-state index in [1.165, 1.54) is 22.4 Å². The van der Waals surface area contributed by atoms with Crippen LogP contribution in [0, 0.1) is 12.7 Å². The van der Waals surface area contributed by atoms with Crippen LogP contribution < -0.4 is 5.32 Å². The second kappa shape index (κ2) is 8.31. The average molecular weight is 437 g/mol. The van der Waals surface area contributed by atoms with Crippen molar-refractivity contribution < 1.29 is 18.5 Å². The van der Waals surface area contributed by atoms with Crippen LogP contribution in [0.4, 0.5) is 15.8 Å². The molecule has 31 heavy (non-hydrogen) atoms. The van der Waals surface area contributed by atoms with Crippen LogP contribution in [0.1, 0.15) is 28.4 Å². The number of carboxylic acids is 1. The Balaban J connectivity index is 1.82. The summed E-state index contributed by atoms with van der Waals surface area (Å²) in [4.78, 5) is 12.4. The highest BCUT2D eigenvalue weighted by atomic mass is 32.2. The normalized spacial score (nSPS) is 12.1. The molecule has 1 aromatic heterocycles. The van der Waals surface area contributed by atoms with Crippen molar-refractivity contribution in [1.29, 1.82) is 0 Å². The minimum Gasteiger partial charge on any atom is -0.478 e. The molecular weight excluding hydrogens is 417 g/mol. The van der Waals surface area contributed by atoms with Crippen LogP contribution in [0.25, 0.3) is 10.9 Å². The van der Waals surface area contributed by atoms with E-state index in [1.807, 2.05) is 26.0 Å². The first-order valence-electron chi connectivity index (χ1n) is 9.67. The summed E-state index contributed by atoms with van der Waals surface area (Å²) in [5.41, 5.74) is 2.66. The monoisotopic (exact) mass is 437 g/mol. The Hall–Kier alpha value is -3.52. The van der Waals surface area contributed by atoms with E-state index in [1.54, 1.807) is 30.3 Å². The number of hydrogen-bond donors (Lipinski definition) is 2. The van der Waals surface area contributed by atoms with Crippen molar-refractivity contribution in [1.82, 2.24) is 9.19 Å². The molecule has 4 rings (SSSR count). The topological polar surface area (TPSA) is 84.2 Å². The molecule has 158 valence electrons. The molecule has 8 heteroatoms. The van der Waals surface area contributed by atoms with E-state index in [0.29, 0.717) is 22.2 Å². The lowest BCUT2D eigenvalue weighted by molar-refractivity contribution is 0.0698. The number of benzene rings is 3. The molecule has 0 spiro atoms. The summed E-state index contributed by atoms with van der Waals surface area (Å²) in [5.74, 6) is -1.65. The van der Waals surface area contributed by atoms with E-state index in [9.17, 15) is 18.5 Å². The summed E-state index contributed by atoms with van der Waals surface area (Å²) in [6.45, 7) is 3.86. The van der Waals surface area contributed by atoms with Crippen molar-refractivity contribution in [3.63, 3.8) is 0 Å². The number of halogens is 1. The predicted octanol–water partition coefficient (Wildman–Crippen LogP) is 5.06. The van der Waals surface area contributed by atoms with Gasteiger partial charge in [-0.1, -0.05) is 30.7 Å². The highest BCUT2D eigenvalue weighted by molar-refractivity contribution is 7.83. The Labute approximate surface area is 180 Å². The first kappa shape index (κ1) is 20.7. The summed E-state index contributed by atoms with van der Waals surface area (Å²) in [7, 11) is -1.62. The van der Waals surface area contributed by atoms with Crippen molar-refractivity contribution >= 4 is 39.2 Å². The van der Waals surface area contributed by atoms with E-state index in [0.717, 1.165) is 11.1 Å². The van der Waals surface area contributed by atoms with Crippen LogP contribution in [-0.2, 0) is 17.4 Å². The Morgan fingerprint density at radius 3 is 2.55 bits per heavy atom. The van der Waals surface area contributed by atoms with Crippen LogP contribution in [0.3, 0.4) is 0 Å². The number of nitrogens with one attached hydrogen (secondary N) is 1. The van der Waals surface area contributed by atoms with Gasteiger partial charge in [0, 0.05) is 5.39 Å². The van der Waals surface area contributed by atoms with Gasteiger partial charge in [0.15, 0.2) is 11.0 Å². The molecule has 4 aromatic rings. The molecule has 0 aliphatic heterocycles. The zero-order valence-corrected chi connectivity index (χ0v) is 17.7. The van der Waals surface area contributed by atoms with Gasteiger partial charge in [-0.25, -0.2) is 13.4 Å². The maximum atomic E-state index is 14.6. The number of nitrogens with zero attached hydrogens (tertiary/aromatic N) is 2. The van der Waals surface area contributed by atoms with Crippen LogP contribution in [0.15, 0.2) is 65.7 Å². The number of hydrogen-bond acceptors (Lipinski definition) is 4. The van der Waals surface area contributed by atoms with E-state index in [2.05, 4.69) is 10.4 Å². The Bertz CT molecular complexity index is 1320. The zero-order chi connectivity index (χ0) is 22.1. The lowest BCUT2D eigenvalue weighted by Gasteiger charge is -2.13. The quantitative estimate of drug-likeness (QED) is 0.441. The number of anilines is 2. The molecule has 0 aliphatic carbocycles. The van der Waals surface area contributed by atoms with Gasteiger partial charge in [-0.3, -0.25) is 0 Å². The number of carbonyl (C=O) groups is 1. The van der Waals surface area contributed by atoms with Crippen LogP contribution in [-0.4, -0.2) is 24.5 Å². The van der Waals surface area contributed by atoms with Gasteiger partial charge in [-0.15, -0.1) is 0 Å². The molecule has 0 saturated carbocycles. The zero-order valence-electron chi connectivity index (χ0n) is 16.9. The lowest BCUT2D eigenvalue weighted by atomic mass is 10.1. The highest BCUT2D eigenvalue weighted by Gasteiger charge is 2.20. The highest BCUT2D eigenvalue weighted by Crippen LogP contribution is 2.32. The fourth-order valence-corrected chi connectivity index (χ4v) is 4.33. The predicted molar refractivity (Wildman–Crippen MR) is 119 cm³/mol. The molecule has 0 aliphatic rings. The molecule has 1 unspecified atom stereocenters. The minimum atomic E-state index is -1.62. The molecular formula is C23H20FN3O3S. The number of rotatable bonds is 6. The Morgan fingerprint density at radius 2 is 1.90 bits per heavy atom. The van der Waals surface area contributed by atoms with Crippen molar-refractivity contribution in [2.75, 3.05) is 5.32 Å². The van der Waals surface area contributed by atoms with Crippen molar-refractivity contribution in [2.45, 2.75) is 25.2 Å². The smallest absolute Gasteiger partial charge is 0.337 e. The molecule has 0 bridgehead atoms. The van der Waals surface area contributed by atoms with E-state index in [4.69, 9.17) is 0 Å². The molecule has 0 saturated heterocycles. The fraction of sp³-hybridized carbons (Fsp3) is 0.130. The standard InChI is InChI=1S/C23H20FN3O3S/c1-3-15-6-10-20(19(24)12-15)26-22-17(23(28)29)9-11-21-18(22)13-25-27(21)31(30)16-7-4-14(2)5-8-16/h4-13,26H,3H2,1-2H3,(H,28,29). The van der Waals surface area contributed by atoms with Gasteiger partial charge in [0.25, 0.3) is 0 Å². The van der Waals surface area contributed by atoms with Gasteiger partial charge in [0.2, 0.25) is 0 Å². The van der Waals surface area contributed by atoms with Crippen LogP contribution in [0.5, 0.6) is 0 Å². The van der Waals surface area contributed by atoms with Gasteiger partial charge in [0.05, 0.1) is 33.5 Å². The van der Waals surface area contributed by atoms with E-state index in [-0.39, 0.29) is 16.9 Å². The maximum Gasteiger partial charge on any atom is 0.337 e. The third kappa shape index (κ3) is 3.94. The number of aromatic carboxylic acids is 1. The summed E-state index contributed by atoms with van der Waals surface area (Å²) >= 11 is 0. The third-order valence-corrected chi connectivity index (χ3v) is 6.31. The van der Waals surface area contributed by atoms with Gasteiger partial charge in [0.1, 0.15) is 5.82 Å². The largest absolute Gasteiger partial charge is 0.478 e. The SMILES string of the molecule is CCc1ccc(Nc2c(C(=O)O)ccc3c2cnn3S(=O)c2ccc(C)cc2)c(F)c1. The molecule has 6 nitrogen and oxygen atoms in total. The summed E-state index contributed by atoms with van der Waals surface area (Å²) in [6, 6.07) is 15.0. The second-order valence-electron chi connectivity index (χ2n) is 7.10. The lowest BCUT2D eigenvalue weighted by Crippen LogP contribution is -2.08. The number of carboxylic acid groups (broad SMARTS) is 1. The first-order chi connectivity index (χ1) is 14.9. The number of aromatic nitrogens is 2. The van der Waals surface area contributed by atoms with Gasteiger partial charge < -0.3 is 10.4 Å². The molecule has 1 atom stereocenters.